The van der Waals surface area contributed by atoms with Crippen molar-refractivity contribution in [2.24, 2.45) is 10.9 Å². The number of methoxy groups -OCH3 is 1. The predicted molar refractivity (Wildman–Crippen MR) is 81.3 cm³/mol. The summed E-state index contributed by atoms with van der Waals surface area (Å²) in [6.45, 7) is 7.86. The first-order chi connectivity index (χ1) is 9.47. The van der Waals surface area contributed by atoms with Gasteiger partial charge in [0.05, 0.1) is 7.11 Å². The van der Waals surface area contributed by atoms with Crippen molar-refractivity contribution in [2.45, 2.75) is 39.8 Å². The lowest BCUT2D eigenvalue weighted by molar-refractivity contribution is 0.215. The van der Waals surface area contributed by atoms with Crippen LogP contribution in [0.4, 0.5) is 0 Å². The molecule has 0 heterocycles. The summed E-state index contributed by atoms with van der Waals surface area (Å²) < 4.78 is 5.41. The third-order valence-corrected chi connectivity index (χ3v) is 3.32. The molecular weight excluding hydrogens is 254 g/mol. The van der Waals surface area contributed by atoms with E-state index in [0.717, 1.165) is 24.4 Å². The fourth-order valence-corrected chi connectivity index (χ4v) is 2.08. The molecule has 112 valence electrons. The van der Waals surface area contributed by atoms with E-state index in [1.165, 1.54) is 5.56 Å². The van der Waals surface area contributed by atoms with E-state index in [-0.39, 0.29) is 5.84 Å². The highest BCUT2D eigenvalue weighted by Gasteiger charge is 2.13. The number of amidine groups is 1. The van der Waals surface area contributed by atoms with Gasteiger partial charge in [0.1, 0.15) is 11.6 Å². The molecule has 0 aromatic heterocycles. The van der Waals surface area contributed by atoms with Crippen LogP contribution in [0.25, 0.3) is 0 Å². The Balaban J connectivity index is 2.82. The molecular formula is C15H25N3O2. The Labute approximate surface area is 121 Å². The Morgan fingerprint density at radius 3 is 2.70 bits per heavy atom. The van der Waals surface area contributed by atoms with E-state index in [1.807, 2.05) is 12.1 Å². The second kappa shape index (κ2) is 7.75. The average Bonchev–Trinajstić information content (AvgIpc) is 2.42. The normalized spacial score (nSPS) is 12.2. The van der Waals surface area contributed by atoms with Gasteiger partial charge < -0.3 is 15.7 Å². The third-order valence-electron chi connectivity index (χ3n) is 3.32. The van der Waals surface area contributed by atoms with Crippen molar-refractivity contribution in [3.8, 4) is 5.75 Å². The zero-order chi connectivity index (χ0) is 15.1. The molecule has 0 fully saturated rings. The molecule has 0 radical (unpaired) electrons. The van der Waals surface area contributed by atoms with Gasteiger partial charge in [0.25, 0.3) is 0 Å². The fraction of sp³-hybridized carbons (Fsp3) is 0.533. The van der Waals surface area contributed by atoms with Gasteiger partial charge in [-0.15, -0.1) is 0 Å². The number of aryl methyl sites for hydroxylation is 1. The number of ether oxygens (including phenoxy) is 1. The molecule has 0 aliphatic carbocycles. The lowest BCUT2D eigenvalue weighted by atomic mass is 10.1. The average molecular weight is 279 g/mol. The molecule has 3 N–H and O–H groups in total. The summed E-state index contributed by atoms with van der Waals surface area (Å²) in [7, 11) is 1.68. The van der Waals surface area contributed by atoms with E-state index in [0.29, 0.717) is 12.5 Å². The Kier molecular flexibility index (Phi) is 6.31. The second-order valence-electron chi connectivity index (χ2n) is 5.22. The zero-order valence-corrected chi connectivity index (χ0v) is 12.8. The predicted octanol–water partition coefficient (Wildman–Crippen LogP) is 2.35. The van der Waals surface area contributed by atoms with Gasteiger partial charge in [0.2, 0.25) is 0 Å². The molecule has 0 aliphatic rings. The lowest BCUT2D eigenvalue weighted by Gasteiger charge is -2.27. The maximum atomic E-state index is 8.62. The molecule has 0 unspecified atom stereocenters. The number of hydrogen-bond donors (Lipinski definition) is 2. The smallest absolute Gasteiger partial charge is 0.140 e. The lowest BCUT2D eigenvalue weighted by Crippen LogP contribution is -2.33. The van der Waals surface area contributed by atoms with Gasteiger partial charge >= 0.3 is 0 Å². The first-order valence-electron chi connectivity index (χ1n) is 6.82. The monoisotopic (exact) mass is 279 g/mol. The van der Waals surface area contributed by atoms with Crippen LogP contribution in [0.15, 0.2) is 23.4 Å². The van der Waals surface area contributed by atoms with Crippen molar-refractivity contribution < 1.29 is 9.94 Å². The van der Waals surface area contributed by atoms with Crippen LogP contribution < -0.4 is 10.5 Å². The number of benzene rings is 1. The Morgan fingerprint density at radius 1 is 1.45 bits per heavy atom. The van der Waals surface area contributed by atoms with Crippen molar-refractivity contribution in [1.82, 2.24) is 4.90 Å². The van der Waals surface area contributed by atoms with Gasteiger partial charge in [-0.25, -0.2) is 0 Å². The van der Waals surface area contributed by atoms with Crippen molar-refractivity contribution in [3.05, 3.63) is 29.3 Å². The number of oxime groups is 1. The second-order valence-corrected chi connectivity index (χ2v) is 5.22. The quantitative estimate of drug-likeness (QED) is 0.348. The molecule has 0 saturated carbocycles. The van der Waals surface area contributed by atoms with Crippen LogP contribution in [0.1, 0.15) is 31.4 Å². The highest BCUT2D eigenvalue weighted by atomic mass is 16.5. The summed E-state index contributed by atoms with van der Waals surface area (Å²) in [6.07, 6.45) is 0.544. The van der Waals surface area contributed by atoms with E-state index in [9.17, 15) is 0 Å². The van der Waals surface area contributed by atoms with E-state index in [2.05, 4.69) is 36.9 Å². The van der Waals surface area contributed by atoms with Gasteiger partial charge in [-0.2, -0.15) is 0 Å². The summed E-state index contributed by atoms with van der Waals surface area (Å²) in [4.78, 5) is 2.27. The number of rotatable bonds is 7. The molecule has 0 spiro atoms. The van der Waals surface area contributed by atoms with E-state index in [1.54, 1.807) is 7.11 Å². The standard InChI is InChI=1S/C15H25N3O2/c1-11(2)18(8-7-15(16)17-19)10-13-9-12(3)5-6-14(13)20-4/h5-6,9,11,19H,7-8,10H2,1-4H3,(H2,16,17). The van der Waals surface area contributed by atoms with Gasteiger partial charge in [0, 0.05) is 31.1 Å². The topological polar surface area (TPSA) is 71.1 Å². The summed E-state index contributed by atoms with van der Waals surface area (Å²) in [5.41, 5.74) is 7.91. The van der Waals surface area contributed by atoms with Gasteiger partial charge in [-0.1, -0.05) is 22.9 Å². The minimum Gasteiger partial charge on any atom is -0.496 e. The molecule has 5 nitrogen and oxygen atoms in total. The molecule has 0 saturated heterocycles. The summed E-state index contributed by atoms with van der Waals surface area (Å²) in [5.74, 6) is 1.15. The first kappa shape index (κ1) is 16.3. The minimum absolute atomic E-state index is 0.256. The zero-order valence-electron chi connectivity index (χ0n) is 12.8. The van der Waals surface area contributed by atoms with Crippen molar-refractivity contribution in [2.75, 3.05) is 13.7 Å². The molecule has 1 aromatic rings. The Morgan fingerprint density at radius 2 is 2.15 bits per heavy atom. The highest BCUT2D eigenvalue weighted by Crippen LogP contribution is 2.22. The summed E-state index contributed by atoms with van der Waals surface area (Å²) >= 11 is 0. The van der Waals surface area contributed by atoms with Crippen molar-refractivity contribution in [1.29, 1.82) is 0 Å². The van der Waals surface area contributed by atoms with E-state index >= 15 is 0 Å². The van der Waals surface area contributed by atoms with Crippen LogP contribution in [0, 0.1) is 6.92 Å². The molecule has 1 rings (SSSR count). The van der Waals surface area contributed by atoms with Crippen molar-refractivity contribution >= 4 is 5.84 Å². The maximum Gasteiger partial charge on any atom is 0.140 e. The van der Waals surface area contributed by atoms with E-state index in [4.69, 9.17) is 15.7 Å². The molecule has 0 atom stereocenters. The molecule has 0 aliphatic heterocycles. The van der Waals surface area contributed by atoms with E-state index < -0.39 is 0 Å². The summed E-state index contributed by atoms with van der Waals surface area (Å²) in [5, 5.41) is 11.6. The van der Waals surface area contributed by atoms with Crippen LogP contribution in [-0.2, 0) is 6.54 Å². The largest absolute Gasteiger partial charge is 0.496 e. The third kappa shape index (κ3) is 4.74. The van der Waals surface area contributed by atoms with Gasteiger partial charge in [-0.3, -0.25) is 4.90 Å². The van der Waals surface area contributed by atoms with Crippen LogP contribution >= 0.6 is 0 Å². The van der Waals surface area contributed by atoms with Crippen LogP contribution in [0.2, 0.25) is 0 Å². The van der Waals surface area contributed by atoms with Crippen molar-refractivity contribution in [3.63, 3.8) is 0 Å². The van der Waals surface area contributed by atoms with Crippen LogP contribution in [0.5, 0.6) is 5.75 Å². The summed E-state index contributed by atoms with van der Waals surface area (Å²) in [6, 6.07) is 6.54. The number of nitrogens with zero attached hydrogens (tertiary/aromatic N) is 2. The highest BCUT2D eigenvalue weighted by molar-refractivity contribution is 5.79. The molecule has 0 bridgehead atoms. The van der Waals surface area contributed by atoms with Crippen LogP contribution in [-0.4, -0.2) is 35.6 Å². The molecule has 5 heteroatoms. The minimum atomic E-state index is 0.256. The number of nitrogens with two attached hydrogens (primary N) is 1. The maximum absolute atomic E-state index is 8.62. The van der Waals surface area contributed by atoms with Gasteiger partial charge in [-0.05, 0) is 26.8 Å². The SMILES string of the molecule is COc1ccc(C)cc1CN(CCC(N)=NO)C(C)C. The Bertz CT molecular complexity index is 458. The first-order valence-corrected chi connectivity index (χ1v) is 6.82. The van der Waals surface area contributed by atoms with Gasteiger partial charge in [0.15, 0.2) is 0 Å². The molecule has 1 aromatic carbocycles. The van der Waals surface area contributed by atoms with Crippen LogP contribution in [0.3, 0.4) is 0 Å². The fourth-order valence-electron chi connectivity index (χ4n) is 2.08. The molecule has 0 amide bonds. The molecule has 20 heavy (non-hydrogen) atoms. The Hall–Kier alpha value is -1.75. The number of hydrogen-bond acceptors (Lipinski definition) is 4.